The van der Waals surface area contributed by atoms with Crippen molar-refractivity contribution in [1.29, 1.82) is 10.7 Å². The number of nitrogens with zero attached hydrogens (tertiary/aromatic N) is 1. The van der Waals surface area contributed by atoms with Gasteiger partial charge in [0.05, 0.1) is 29.2 Å². The zero-order chi connectivity index (χ0) is 16.0. The van der Waals surface area contributed by atoms with Crippen LogP contribution in [-0.4, -0.2) is 5.90 Å². The Hall–Kier alpha value is -3.33. The summed E-state index contributed by atoms with van der Waals surface area (Å²) in [6.07, 6.45) is 1.46. The van der Waals surface area contributed by atoms with E-state index in [4.69, 9.17) is 19.0 Å². The van der Waals surface area contributed by atoms with E-state index in [1.165, 1.54) is 6.26 Å². The van der Waals surface area contributed by atoms with Crippen LogP contribution in [0.5, 0.6) is 5.75 Å². The maximum Gasteiger partial charge on any atom is 0.344 e. The fraction of sp³-hybridized carbons (Fsp3) is 0.118. The van der Waals surface area contributed by atoms with Gasteiger partial charge in [-0.25, -0.2) is 4.79 Å². The van der Waals surface area contributed by atoms with Gasteiger partial charge in [0.25, 0.3) is 0 Å². The van der Waals surface area contributed by atoms with Crippen LogP contribution >= 0.6 is 0 Å². The van der Waals surface area contributed by atoms with Gasteiger partial charge in [0.2, 0.25) is 5.90 Å². The lowest BCUT2D eigenvalue weighted by atomic mass is 9.82. The first kappa shape index (κ1) is 13.3. The van der Waals surface area contributed by atoms with Gasteiger partial charge >= 0.3 is 5.63 Å². The zero-order valence-electron chi connectivity index (χ0n) is 11.8. The first-order valence-electron chi connectivity index (χ1n) is 6.95. The summed E-state index contributed by atoms with van der Waals surface area (Å²) in [4.78, 5) is 12.5. The van der Waals surface area contributed by atoms with Gasteiger partial charge in [-0.05, 0) is 24.3 Å². The molecular formula is C17H10N2O4. The van der Waals surface area contributed by atoms with E-state index >= 15 is 0 Å². The minimum atomic E-state index is -0.947. The number of nitriles is 1. The molecular weight excluding hydrogens is 296 g/mol. The largest absolute Gasteiger partial charge is 0.469 e. The summed E-state index contributed by atoms with van der Waals surface area (Å²) in [5.74, 6) is -1.20. The number of ether oxygens (including phenoxy) is 1. The second-order valence-corrected chi connectivity index (χ2v) is 5.19. The summed E-state index contributed by atoms with van der Waals surface area (Å²) < 4.78 is 16.3. The summed E-state index contributed by atoms with van der Waals surface area (Å²) in [6, 6.07) is 12.3. The Balaban J connectivity index is 2.09. The monoisotopic (exact) mass is 306 g/mol. The fourth-order valence-electron chi connectivity index (χ4n) is 2.91. The van der Waals surface area contributed by atoms with E-state index in [1.54, 1.807) is 36.4 Å². The van der Waals surface area contributed by atoms with Gasteiger partial charge in [0.15, 0.2) is 5.75 Å². The topological polar surface area (TPSA) is 100 Å². The molecule has 23 heavy (non-hydrogen) atoms. The third-order valence-electron chi connectivity index (χ3n) is 3.93. The molecule has 1 aliphatic heterocycles. The molecule has 2 aromatic heterocycles. The van der Waals surface area contributed by atoms with E-state index in [0.717, 1.165) is 0 Å². The third-order valence-corrected chi connectivity index (χ3v) is 3.93. The number of hydrogen-bond donors (Lipinski definition) is 1. The maximum atomic E-state index is 12.5. The smallest absolute Gasteiger partial charge is 0.344 e. The Labute approximate surface area is 130 Å². The quantitative estimate of drug-likeness (QED) is 0.696. The minimum absolute atomic E-state index is 0.209. The molecule has 0 aliphatic carbocycles. The number of benzene rings is 1. The molecule has 0 saturated carbocycles. The molecule has 2 atom stereocenters. The van der Waals surface area contributed by atoms with Gasteiger partial charge in [-0.1, -0.05) is 12.1 Å². The van der Waals surface area contributed by atoms with Gasteiger partial charge in [-0.2, -0.15) is 5.26 Å². The van der Waals surface area contributed by atoms with Crippen molar-refractivity contribution in [3.05, 3.63) is 64.4 Å². The molecule has 6 heteroatoms. The van der Waals surface area contributed by atoms with Crippen LogP contribution in [0, 0.1) is 22.7 Å². The Morgan fingerprint density at radius 2 is 2.00 bits per heavy atom. The number of furan rings is 1. The van der Waals surface area contributed by atoms with Crippen molar-refractivity contribution in [2.24, 2.45) is 5.92 Å². The lowest BCUT2D eigenvalue weighted by Crippen LogP contribution is -2.34. The van der Waals surface area contributed by atoms with Gasteiger partial charge in [0, 0.05) is 0 Å². The minimum Gasteiger partial charge on any atom is -0.469 e. The predicted molar refractivity (Wildman–Crippen MR) is 80.5 cm³/mol. The molecule has 1 aliphatic rings. The molecule has 0 amide bonds. The van der Waals surface area contributed by atoms with Crippen molar-refractivity contribution in [3.63, 3.8) is 0 Å². The first-order valence-corrected chi connectivity index (χ1v) is 6.95. The third kappa shape index (κ3) is 1.87. The lowest BCUT2D eigenvalue weighted by molar-refractivity contribution is 0.393. The number of fused-ring (bicyclic) bond motifs is 3. The average Bonchev–Trinajstić information content (AvgIpc) is 3.08. The molecule has 3 heterocycles. The summed E-state index contributed by atoms with van der Waals surface area (Å²) in [6.45, 7) is 0. The number of nitrogens with one attached hydrogen (secondary N) is 1. The molecule has 6 nitrogen and oxygen atoms in total. The van der Waals surface area contributed by atoms with Crippen LogP contribution in [0.25, 0.3) is 11.0 Å². The van der Waals surface area contributed by atoms with Crippen LogP contribution < -0.4 is 10.4 Å². The van der Waals surface area contributed by atoms with E-state index in [2.05, 4.69) is 0 Å². The molecule has 1 aromatic carbocycles. The molecule has 4 rings (SSSR count). The molecule has 0 radical (unpaired) electrons. The summed E-state index contributed by atoms with van der Waals surface area (Å²) in [5.41, 5.74) is -0.00768. The van der Waals surface area contributed by atoms with Crippen LogP contribution in [0.15, 0.2) is 56.3 Å². The van der Waals surface area contributed by atoms with Crippen LogP contribution in [0.4, 0.5) is 0 Å². The molecule has 112 valence electrons. The Morgan fingerprint density at radius 1 is 1.17 bits per heavy atom. The van der Waals surface area contributed by atoms with Crippen molar-refractivity contribution in [1.82, 2.24) is 0 Å². The van der Waals surface area contributed by atoms with E-state index in [9.17, 15) is 10.1 Å². The molecule has 0 fully saturated rings. The molecule has 3 aromatic rings. The Bertz CT molecular complexity index is 1010. The highest BCUT2D eigenvalue weighted by Gasteiger charge is 2.42. The first-order chi connectivity index (χ1) is 11.2. The number of para-hydroxylation sites is 1. The van der Waals surface area contributed by atoms with Crippen molar-refractivity contribution >= 4 is 16.9 Å². The van der Waals surface area contributed by atoms with Crippen LogP contribution in [-0.2, 0) is 0 Å². The summed E-state index contributed by atoms with van der Waals surface area (Å²) in [7, 11) is 0. The number of hydrogen-bond acceptors (Lipinski definition) is 6. The van der Waals surface area contributed by atoms with Gasteiger partial charge in [0.1, 0.15) is 17.3 Å². The standard InChI is InChI=1S/C17H10N2O4/c18-8-10-13(12-6-3-7-21-12)14-15(23-16(10)19)9-4-1-2-5-11(9)22-17(14)20/h1-7,10,13,19H/t10-,13+/m1/s1. The maximum absolute atomic E-state index is 12.5. The van der Waals surface area contributed by atoms with Gasteiger partial charge in [-0.15, -0.1) is 0 Å². The van der Waals surface area contributed by atoms with Crippen LogP contribution in [0.3, 0.4) is 0 Å². The van der Waals surface area contributed by atoms with Gasteiger partial charge in [-0.3, -0.25) is 5.41 Å². The highest BCUT2D eigenvalue weighted by atomic mass is 16.5. The van der Waals surface area contributed by atoms with E-state index < -0.39 is 17.5 Å². The highest BCUT2D eigenvalue weighted by molar-refractivity contribution is 5.92. The zero-order valence-corrected chi connectivity index (χ0v) is 11.8. The molecule has 0 bridgehead atoms. The van der Waals surface area contributed by atoms with Crippen molar-refractivity contribution in [2.45, 2.75) is 5.92 Å². The van der Waals surface area contributed by atoms with Crippen LogP contribution in [0.1, 0.15) is 17.2 Å². The molecule has 0 saturated heterocycles. The Kier molecular flexibility index (Phi) is 2.81. The van der Waals surface area contributed by atoms with Crippen molar-refractivity contribution in [2.75, 3.05) is 0 Å². The summed E-state index contributed by atoms with van der Waals surface area (Å²) in [5, 5.41) is 18.0. The normalized spacial score (nSPS) is 19.9. The van der Waals surface area contributed by atoms with Crippen molar-refractivity contribution in [3.8, 4) is 11.8 Å². The second kappa shape index (κ2) is 4.85. The lowest BCUT2D eigenvalue weighted by Gasteiger charge is -2.28. The fourth-order valence-corrected chi connectivity index (χ4v) is 2.91. The Morgan fingerprint density at radius 3 is 2.74 bits per heavy atom. The van der Waals surface area contributed by atoms with Crippen LogP contribution in [0.2, 0.25) is 0 Å². The van der Waals surface area contributed by atoms with E-state index in [1.807, 2.05) is 6.07 Å². The molecule has 1 N–H and O–H groups in total. The average molecular weight is 306 g/mol. The second-order valence-electron chi connectivity index (χ2n) is 5.19. The summed E-state index contributed by atoms with van der Waals surface area (Å²) >= 11 is 0. The van der Waals surface area contributed by atoms with E-state index in [-0.39, 0.29) is 17.2 Å². The van der Waals surface area contributed by atoms with Crippen molar-refractivity contribution < 1.29 is 13.6 Å². The van der Waals surface area contributed by atoms with E-state index in [0.29, 0.717) is 16.7 Å². The molecule has 0 spiro atoms. The number of rotatable bonds is 1. The van der Waals surface area contributed by atoms with Gasteiger partial charge < -0.3 is 13.6 Å². The SMILES string of the molecule is N#C[C@H]1C(=N)Oc2c(c(=O)oc3ccccc23)[C@@H]1c1ccco1. The molecule has 0 unspecified atom stereocenters. The highest BCUT2D eigenvalue weighted by Crippen LogP contribution is 2.43. The predicted octanol–water partition coefficient (Wildman–Crippen LogP) is 3.03.